The number of aryl methyl sites for hydroxylation is 1. The minimum atomic E-state index is -1.07. The molecule has 0 aliphatic carbocycles. The normalized spacial score (nSPS) is 12.8. The van der Waals surface area contributed by atoms with Crippen molar-refractivity contribution in [2.24, 2.45) is 0 Å². The highest BCUT2D eigenvalue weighted by Gasteiger charge is 2.23. The summed E-state index contributed by atoms with van der Waals surface area (Å²) < 4.78 is 1.84. The maximum Gasteiger partial charge on any atom is 0.325 e. The van der Waals surface area contributed by atoms with Gasteiger partial charge in [-0.25, -0.2) is 0 Å². The fourth-order valence-corrected chi connectivity index (χ4v) is 2.81. The highest BCUT2D eigenvalue weighted by molar-refractivity contribution is 7.19. The molecule has 1 amide bonds. The molecule has 2 N–H and O–H groups in total. The maximum absolute atomic E-state index is 12.1. The van der Waals surface area contributed by atoms with Crippen molar-refractivity contribution in [3.63, 3.8) is 0 Å². The van der Waals surface area contributed by atoms with Gasteiger partial charge < -0.3 is 10.4 Å². The van der Waals surface area contributed by atoms with Crippen LogP contribution in [-0.4, -0.2) is 37.6 Å². The Kier molecular flexibility index (Phi) is 3.76. The van der Waals surface area contributed by atoms with E-state index >= 15 is 0 Å². The van der Waals surface area contributed by atoms with Crippen LogP contribution in [0, 0.1) is 6.92 Å². The third-order valence-corrected chi connectivity index (χ3v) is 4.09. The van der Waals surface area contributed by atoms with Crippen molar-refractivity contribution in [3.05, 3.63) is 16.4 Å². The zero-order chi connectivity index (χ0) is 15.0. The van der Waals surface area contributed by atoms with Gasteiger partial charge in [-0.3, -0.25) is 14.0 Å². The Morgan fingerprint density at radius 1 is 1.30 bits per heavy atom. The van der Waals surface area contributed by atoms with E-state index in [0.29, 0.717) is 9.84 Å². The van der Waals surface area contributed by atoms with Gasteiger partial charge in [-0.05, 0) is 13.8 Å². The minimum absolute atomic E-state index is 0.187. The summed E-state index contributed by atoms with van der Waals surface area (Å²) in [5.41, 5.74) is 0.730. The molecule has 0 saturated carbocycles. The van der Waals surface area contributed by atoms with Gasteiger partial charge in [-0.2, -0.15) is 0 Å². The number of thiazole rings is 1. The molecule has 7 nitrogen and oxygen atoms in total. The molecular formula is C12H16N4O3S. The van der Waals surface area contributed by atoms with Crippen molar-refractivity contribution in [1.82, 2.24) is 19.9 Å². The smallest absolute Gasteiger partial charge is 0.325 e. The van der Waals surface area contributed by atoms with E-state index in [1.807, 2.05) is 18.2 Å². The van der Waals surface area contributed by atoms with Gasteiger partial charge in [0.05, 0.1) is 0 Å². The van der Waals surface area contributed by atoms with Crippen molar-refractivity contribution in [3.8, 4) is 0 Å². The van der Waals surface area contributed by atoms with Crippen LogP contribution < -0.4 is 5.32 Å². The zero-order valence-corrected chi connectivity index (χ0v) is 12.5. The van der Waals surface area contributed by atoms with Crippen LogP contribution in [0.3, 0.4) is 0 Å². The summed E-state index contributed by atoms with van der Waals surface area (Å²) >= 11 is 1.21. The first-order valence-electron chi connectivity index (χ1n) is 6.21. The van der Waals surface area contributed by atoms with Crippen molar-refractivity contribution in [2.75, 3.05) is 0 Å². The molecule has 20 heavy (non-hydrogen) atoms. The second-order valence-electron chi connectivity index (χ2n) is 4.88. The minimum Gasteiger partial charge on any atom is -0.480 e. The van der Waals surface area contributed by atoms with Crippen LogP contribution in [0.15, 0.2) is 0 Å². The van der Waals surface area contributed by atoms with E-state index in [2.05, 4.69) is 15.5 Å². The van der Waals surface area contributed by atoms with E-state index in [1.54, 1.807) is 6.92 Å². The van der Waals surface area contributed by atoms with Crippen molar-refractivity contribution in [2.45, 2.75) is 39.7 Å². The van der Waals surface area contributed by atoms with Gasteiger partial charge in [-0.15, -0.1) is 10.2 Å². The van der Waals surface area contributed by atoms with Crippen LogP contribution >= 0.6 is 11.3 Å². The number of fused-ring (bicyclic) bond motifs is 1. The molecule has 0 aliphatic rings. The summed E-state index contributed by atoms with van der Waals surface area (Å²) in [6.07, 6.45) is 0. The summed E-state index contributed by atoms with van der Waals surface area (Å²) in [4.78, 5) is 24.0. The predicted molar refractivity (Wildman–Crippen MR) is 74.3 cm³/mol. The Hall–Kier alpha value is -1.96. The first-order chi connectivity index (χ1) is 9.32. The van der Waals surface area contributed by atoms with Crippen LogP contribution in [0.4, 0.5) is 0 Å². The molecule has 0 aliphatic heterocycles. The van der Waals surface area contributed by atoms with Gasteiger partial charge in [0.25, 0.3) is 5.91 Å². The SMILES string of the molecule is Cc1c(C(=O)NC(C)C(=O)O)sc2nnc(C(C)C)n12. The van der Waals surface area contributed by atoms with Gasteiger partial charge in [0.2, 0.25) is 4.96 Å². The van der Waals surface area contributed by atoms with Gasteiger partial charge in [0, 0.05) is 11.6 Å². The van der Waals surface area contributed by atoms with Crippen LogP contribution in [0.5, 0.6) is 0 Å². The number of hydrogen-bond donors (Lipinski definition) is 2. The Labute approximate surface area is 119 Å². The first kappa shape index (κ1) is 14.4. The number of rotatable bonds is 4. The molecule has 0 fully saturated rings. The Morgan fingerprint density at radius 2 is 1.95 bits per heavy atom. The molecule has 2 aromatic rings. The van der Waals surface area contributed by atoms with E-state index in [9.17, 15) is 9.59 Å². The molecule has 0 aromatic carbocycles. The average molecular weight is 296 g/mol. The summed E-state index contributed by atoms with van der Waals surface area (Å²) in [7, 11) is 0. The number of carbonyl (C=O) groups excluding carboxylic acids is 1. The molecule has 1 atom stereocenters. The lowest BCUT2D eigenvalue weighted by Gasteiger charge is -2.08. The Morgan fingerprint density at radius 3 is 2.50 bits per heavy atom. The highest BCUT2D eigenvalue weighted by Crippen LogP contribution is 2.25. The molecule has 2 heterocycles. The number of carboxylic acid groups (broad SMARTS) is 1. The van der Waals surface area contributed by atoms with Crippen LogP contribution in [0.1, 0.15) is 47.9 Å². The van der Waals surface area contributed by atoms with E-state index < -0.39 is 17.9 Å². The van der Waals surface area contributed by atoms with Crippen LogP contribution in [-0.2, 0) is 4.79 Å². The molecule has 0 saturated heterocycles. The van der Waals surface area contributed by atoms with Crippen LogP contribution in [0.25, 0.3) is 4.96 Å². The predicted octanol–water partition coefficient (Wildman–Crippen LogP) is 1.43. The van der Waals surface area contributed by atoms with E-state index in [-0.39, 0.29) is 5.92 Å². The third-order valence-electron chi connectivity index (χ3n) is 2.96. The van der Waals surface area contributed by atoms with Crippen molar-refractivity contribution >= 4 is 28.2 Å². The number of carboxylic acids is 1. The largest absolute Gasteiger partial charge is 0.480 e. The monoisotopic (exact) mass is 296 g/mol. The van der Waals surface area contributed by atoms with Crippen molar-refractivity contribution < 1.29 is 14.7 Å². The first-order valence-corrected chi connectivity index (χ1v) is 7.02. The Balaban J connectivity index is 2.38. The van der Waals surface area contributed by atoms with Gasteiger partial charge in [0.1, 0.15) is 16.7 Å². The highest BCUT2D eigenvalue weighted by atomic mass is 32.1. The number of nitrogens with one attached hydrogen (secondary N) is 1. The molecule has 1 unspecified atom stereocenters. The molecule has 2 rings (SSSR count). The molecule has 2 aromatic heterocycles. The van der Waals surface area contributed by atoms with E-state index in [0.717, 1.165) is 11.5 Å². The zero-order valence-electron chi connectivity index (χ0n) is 11.7. The lowest BCUT2D eigenvalue weighted by molar-refractivity contribution is -0.138. The van der Waals surface area contributed by atoms with Gasteiger partial charge in [0.15, 0.2) is 0 Å². The number of carbonyl (C=O) groups is 2. The van der Waals surface area contributed by atoms with Crippen molar-refractivity contribution in [1.29, 1.82) is 0 Å². The second-order valence-corrected chi connectivity index (χ2v) is 5.86. The average Bonchev–Trinajstić information content (AvgIpc) is 2.89. The third kappa shape index (κ3) is 2.38. The Bertz CT molecular complexity index is 674. The molecule has 0 radical (unpaired) electrons. The fraction of sp³-hybridized carbons (Fsp3) is 0.500. The molecular weight excluding hydrogens is 280 g/mol. The van der Waals surface area contributed by atoms with Crippen LogP contribution in [0.2, 0.25) is 0 Å². The second kappa shape index (κ2) is 5.20. The quantitative estimate of drug-likeness (QED) is 0.889. The molecule has 0 bridgehead atoms. The number of amides is 1. The lowest BCUT2D eigenvalue weighted by atomic mass is 10.2. The summed E-state index contributed by atoms with van der Waals surface area (Å²) in [6, 6.07) is -0.931. The molecule has 0 spiro atoms. The molecule has 8 heteroatoms. The van der Waals surface area contributed by atoms with Gasteiger partial charge >= 0.3 is 5.97 Å². The summed E-state index contributed by atoms with van der Waals surface area (Å²) in [5.74, 6) is -0.490. The van der Waals surface area contributed by atoms with Gasteiger partial charge in [-0.1, -0.05) is 25.2 Å². The summed E-state index contributed by atoms with van der Waals surface area (Å²) in [6.45, 7) is 7.23. The topological polar surface area (TPSA) is 96.6 Å². The number of hydrogen-bond acceptors (Lipinski definition) is 5. The maximum atomic E-state index is 12.1. The van der Waals surface area contributed by atoms with E-state index in [4.69, 9.17) is 5.11 Å². The summed E-state index contributed by atoms with van der Waals surface area (Å²) in [5, 5.41) is 19.4. The molecule has 108 valence electrons. The lowest BCUT2D eigenvalue weighted by Crippen LogP contribution is -2.38. The number of aliphatic carboxylic acids is 1. The number of aromatic nitrogens is 3. The standard InChI is InChI=1S/C12H16N4O3S/c1-5(2)9-14-15-12-16(9)7(4)8(20-12)10(17)13-6(3)11(18)19/h5-6H,1-4H3,(H,13,17)(H,18,19). The number of nitrogens with zero attached hydrogens (tertiary/aromatic N) is 3. The fourth-order valence-electron chi connectivity index (χ4n) is 1.84. The van der Waals surface area contributed by atoms with E-state index in [1.165, 1.54) is 18.3 Å².